The second kappa shape index (κ2) is 5.11. The Balaban J connectivity index is 1.85. The summed E-state index contributed by atoms with van der Waals surface area (Å²) < 4.78 is 3.33. The summed E-state index contributed by atoms with van der Waals surface area (Å²) in [7, 11) is 0. The number of likely N-dealkylation sites (tertiary alicyclic amines) is 1. The minimum absolute atomic E-state index is 0.268. The number of hydrogen-bond donors (Lipinski definition) is 1. The van der Waals surface area contributed by atoms with Gasteiger partial charge in [-0.25, -0.2) is 0 Å². The molecule has 2 aliphatic heterocycles. The number of fused-ring (bicyclic) bond motifs is 1. The number of nitrogens with zero attached hydrogens (tertiary/aromatic N) is 3. The van der Waals surface area contributed by atoms with Gasteiger partial charge in [0.05, 0.1) is 15.9 Å². The van der Waals surface area contributed by atoms with Gasteiger partial charge in [-0.3, -0.25) is 9.58 Å². The molecule has 2 unspecified atom stereocenters. The van der Waals surface area contributed by atoms with Gasteiger partial charge in [-0.2, -0.15) is 5.10 Å². The van der Waals surface area contributed by atoms with Crippen LogP contribution in [0.15, 0.2) is 4.47 Å². The molecule has 1 N–H and O–H groups in total. The zero-order valence-corrected chi connectivity index (χ0v) is 14.5. The Morgan fingerprint density at radius 3 is 2.80 bits per heavy atom. The normalized spacial score (nSPS) is 29.1. The van der Waals surface area contributed by atoms with Gasteiger partial charge in [0.2, 0.25) is 0 Å². The van der Waals surface area contributed by atoms with Crippen LogP contribution in [0.3, 0.4) is 0 Å². The van der Waals surface area contributed by atoms with Gasteiger partial charge in [-0.1, -0.05) is 0 Å². The molecule has 0 aliphatic carbocycles. The Morgan fingerprint density at radius 1 is 1.40 bits per heavy atom. The molecule has 3 heterocycles. The second-order valence-corrected chi connectivity index (χ2v) is 7.51. The van der Waals surface area contributed by atoms with E-state index in [-0.39, 0.29) is 5.54 Å². The maximum Gasteiger partial charge on any atom is 0.0739 e. The van der Waals surface area contributed by atoms with Crippen molar-refractivity contribution in [2.45, 2.75) is 46.3 Å². The highest BCUT2D eigenvalue weighted by atomic mass is 79.9. The summed E-state index contributed by atoms with van der Waals surface area (Å²) in [4.78, 5) is 2.65. The second-order valence-electron chi connectivity index (χ2n) is 6.72. The molecule has 0 amide bonds. The van der Waals surface area contributed by atoms with Crippen molar-refractivity contribution < 1.29 is 0 Å². The Bertz CT molecular complexity index is 508. The summed E-state index contributed by atoms with van der Waals surface area (Å²) in [6, 6.07) is 0. The zero-order chi connectivity index (χ0) is 14.5. The van der Waals surface area contributed by atoms with Gasteiger partial charge in [-0.15, -0.1) is 0 Å². The third-order valence-corrected chi connectivity index (χ3v) is 6.34. The van der Waals surface area contributed by atoms with E-state index in [2.05, 4.69) is 63.6 Å². The van der Waals surface area contributed by atoms with Crippen LogP contribution in [-0.2, 0) is 13.1 Å². The fourth-order valence-electron chi connectivity index (χ4n) is 3.97. The maximum atomic E-state index is 4.62. The van der Waals surface area contributed by atoms with Crippen molar-refractivity contribution in [1.29, 1.82) is 0 Å². The van der Waals surface area contributed by atoms with Gasteiger partial charge in [0.1, 0.15) is 0 Å². The van der Waals surface area contributed by atoms with Crippen LogP contribution in [0.4, 0.5) is 0 Å². The molecule has 2 atom stereocenters. The van der Waals surface area contributed by atoms with Crippen molar-refractivity contribution in [3.05, 3.63) is 15.9 Å². The van der Waals surface area contributed by atoms with Crippen LogP contribution in [-0.4, -0.2) is 39.9 Å². The van der Waals surface area contributed by atoms with E-state index >= 15 is 0 Å². The van der Waals surface area contributed by atoms with Gasteiger partial charge in [-0.05, 0) is 62.0 Å². The first-order valence-corrected chi connectivity index (χ1v) is 8.42. The Morgan fingerprint density at radius 2 is 2.15 bits per heavy atom. The Kier molecular flexibility index (Phi) is 3.72. The molecule has 5 heteroatoms. The van der Waals surface area contributed by atoms with Gasteiger partial charge < -0.3 is 5.32 Å². The molecule has 2 aliphatic rings. The predicted octanol–water partition coefficient (Wildman–Crippen LogP) is 2.40. The lowest BCUT2D eigenvalue weighted by molar-refractivity contribution is 0.128. The van der Waals surface area contributed by atoms with Crippen LogP contribution in [0.5, 0.6) is 0 Å². The minimum Gasteiger partial charge on any atom is -0.316 e. The molecular formula is C15H25BrN4. The van der Waals surface area contributed by atoms with Crippen molar-refractivity contribution in [3.63, 3.8) is 0 Å². The molecule has 1 aromatic heterocycles. The maximum absolute atomic E-state index is 4.62. The van der Waals surface area contributed by atoms with Gasteiger partial charge in [0.25, 0.3) is 0 Å². The largest absolute Gasteiger partial charge is 0.316 e. The van der Waals surface area contributed by atoms with E-state index in [4.69, 9.17) is 0 Å². The molecule has 1 aromatic rings. The highest BCUT2D eigenvalue weighted by Crippen LogP contribution is 2.41. The third kappa shape index (κ3) is 2.14. The van der Waals surface area contributed by atoms with Crippen molar-refractivity contribution in [2.24, 2.45) is 11.8 Å². The summed E-state index contributed by atoms with van der Waals surface area (Å²) >= 11 is 3.73. The van der Waals surface area contributed by atoms with E-state index in [0.717, 1.165) is 30.6 Å². The highest BCUT2D eigenvalue weighted by molar-refractivity contribution is 9.10. The SMILES string of the molecule is CCn1nc(C)c(Br)c1CN1CC2CNCC2C1(C)C. The van der Waals surface area contributed by atoms with Crippen LogP contribution < -0.4 is 5.32 Å². The molecule has 2 saturated heterocycles. The number of rotatable bonds is 3. The average Bonchev–Trinajstić information content (AvgIpc) is 3.03. The Hall–Kier alpha value is -0.390. The summed E-state index contributed by atoms with van der Waals surface area (Å²) in [6.45, 7) is 14.5. The molecule has 0 bridgehead atoms. The van der Waals surface area contributed by atoms with Crippen molar-refractivity contribution >= 4 is 15.9 Å². The number of aromatic nitrogens is 2. The summed E-state index contributed by atoms with van der Waals surface area (Å²) in [5.41, 5.74) is 2.69. The van der Waals surface area contributed by atoms with Crippen molar-refractivity contribution in [2.75, 3.05) is 19.6 Å². The summed E-state index contributed by atoms with van der Waals surface area (Å²) in [5, 5.41) is 8.17. The molecule has 112 valence electrons. The zero-order valence-electron chi connectivity index (χ0n) is 12.9. The van der Waals surface area contributed by atoms with E-state index < -0.39 is 0 Å². The first-order valence-electron chi connectivity index (χ1n) is 7.62. The van der Waals surface area contributed by atoms with Gasteiger partial charge in [0, 0.05) is 31.7 Å². The molecule has 0 saturated carbocycles. The molecule has 2 fully saturated rings. The van der Waals surface area contributed by atoms with Gasteiger partial charge in [0.15, 0.2) is 0 Å². The lowest BCUT2D eigenvalue weighted by atomic mass is 9.85. The van der Waals surface area contributed by atoms with E-state index in [1.54, 1.807) is 0 Å². The van der Waals surface area contributed by atoms with Crippen molar-refractivity contribution in [1.82, 2.24) is 20.0 Å². The summed E-state index contributed by atoms with van der Waals surface area (Å²) in [6.07, 6.45) is 0. The molecular weight excluding hydrogens is 316 g/mol. The van der Waals surface area contributed by atoms with E-state index in [9.17, 15) is 0 Å². The fraction of sp³-hybridized carbons (Fsp3) is 0.800. The number of halogens is 1. The molecule has 0 aromatic carbocycles. The smallest absolute Gasteiger partial charge is 0.0739 e. The van der Waals surface area contributed by atoms with E-state index in [1.807, 2.05) is 0 Å². The number of aryl methyl sites for hydroxylation is 2. The molecule has 4 nitrogen and oxygen atoms in total. The first-order chi connectivity index (χ1) is 9.45. The van der Waals surface area contributed by atoms with Crippen molar-refractivity contribution in [3.8, 4) is 0 Å². The quantitative estimate of drug-likeness (QED) is 0.917. The highest BCUT2D eigenvalue weighted by Gasteiger charge is 2.49. The first kappa shape index (κ1) is 14.5. The lowest BCUT2D eigenvalue weighted by Crippen LogP contribution is -2.44. The van der Waals surface area contributed by atoms with E-state index in [1.165, 1.54) is 29.8 Å². The summed E-state index contributed by atoms with van der Waals surface area (Å²) in [5.74, 6) is 1.59. The molecule has 20 heavy (non-hydrogen) atoms. The monoisotopic (exact) mass is 340 g/mol. The predicted molar refractivity (Wildman–Crippen MR) is 84.7 cm³/mol. The average molecular weight is 341 g/mol. The molecule has 3 rings (SSSR count). The fourth-order valence-corrected chi connectivity index (χ4v) is 4.38. The standard InChI is InChI=1S/C15H25BrN4/c1-5-20-13(14(16)10(2)18-20)9-19-8-11-6-17-7-12(11)15(19,3)4/h11-12,17H,5-9H2,1-4H3. The number of nitrogens with one attached hydrogen (secondary N) is 1. The Labute approximate surface area is 130 Å². The van der Waals surface area contributed by atoms with Crippen LogP contribution in [0.2, 0.25) is 0 Å². The van der Waals surface area contributed by atoms with Crippen LogP contribution in [0.1, 0.15) is 32.2 Å². The lowest BCUT2D eigenvalue weighted by Gasteiger charge is -2.35. The molecule has 0 radical (unpaired) electrons. The van der Waals surface area contributed by atoms with Crippen LogP contribution in [0.25, 0.3) is 0 Å². The minimum atomic E-state index is 0.268. The third-order valence-electron chi connectivity index (χ3n) is 5.31. The van der Waals surface area contributed by atoms with Crippen LogP contribution >= 0.6 is 15.9 Å². The molecule has 0 spiro atoms. The number of hydrogen-bond acceptors (Lipinski definition) is 3. The van der Waals surface area contributed by atoms with E-state index in [0.29, 0.717) is 0 Å². The topological polar surface area (TPSA) is 33.1 Å². The van der Waals surface area contributed by atoms with Crippen LogP contribution in [0, 0.1) is 18.8 Å². The van der Waals surface area contributed by atoms with Gasteiger partial charge >= 0.3 is 0 Å².